The fourth-order valence-corrected chi connectivity index (χ4v) is 5.30. The van der Waals surface area contributed by atoms with Crippen LogP contribution in [0.25, 0.3) is 28.2 Å². The van der Waals surface area contributed by atoms with Crippen molar-refractivity contribution in [1.82, 2.24) is 14.6 Å². The van der Waals surface area contributed by atoms with Gasteiger partial charge < -0.3 is 19.5 Å². The predicted molar refractivity (Wildman–Crippen MR) is 155 cm³/mol. The highest BCUT2D eigenvalue weighted by atomic mass is 79.9. The molecule has 4 aromatic rings. The molecule has 0 aliphatic carbocycles. The number of halogens is 2. The van der Waals surface area contributed by atoms with Gasteiger partial charge in [-0.15, -0.1) is 6.58 Å². The summed E-state index contributed by atoms with van der Waals surface area (Å²) in [6.07, 6.45) is 0.342. The molecule has 40 heavy (non-hydrogen) atoms. The molecule has 5 rings (SSSR count). The van der Waals surface area contributed by atoms with Crippen LogP contribution in [0.15, 0.2) is 59.6 Å². The molecule has 0 saturated heterocycles. The average Bonchev–Trinajstić information content (AvgIpc) is 3.30. The molecule has 1 atom stereocenters. The number of carbonyl (C=O) groups is 1. The number of ether oxygens (including phenoxy) is 2. The maximum Gasteiger partial charge on any atom is 0.337 e. The van der Waals surface area contributed by atoms with E-state index in [1.54, 1.807) is 45.9 Å². The zero-order valence-corrected chi connectivity index (χ0v) is 24.3. The Hall–Kier alpha value is -3.76. The third-order valence-electron chi connectivity index (χ3n) is 6.52. The van der Waals surface area contributed by atoms with E-state index < -0.39 is 23.5 Å². The second kappa shape index (κ2) is 10.7. The van der Waals surface area contributed by atoms with Crippen LogP contribution in [-0.4, -0.2) is 51.0 Å². The van der Waals surface area contributed by atoms with Crippen LogP contribution < -0.4 is 9.64 Å². The molecule has 0 fully saturated rings. The summed E-state index contributed by atoms with van der Waals surface area (Å²) < 4.78 is 30.2. The molecule has 0 spiro atoms. The van der Waals surface area contributed by atoms with Gasteiger partial charge in [-0.1, -0.05) is 34.1 Å². The Morgan fingerprint density at radius 3 is 2.75 bits per heavy atom. The molecule has 1 unspecified atom stereocenters. The molecule has 8 nitrogen and oxygen atoms in total. The Labute approximate surface area is 240 Å². The van der Waals surface area contributed by atoms with Gasteiger partial charge >= 0.3 is 5.97 Å². The highest BCUT2D eigenvalue weighted by Crippen LogP contribution is 2.42. The van der Waals surface area contributed by atoms with E-state index in [9.17, 15) is 9.90 Å². The van der Waals surface area contributed by atoms with E-state index in [1.807, 2.05) is 29.2 Å². The molecular weight excluding hydrogens is 579 g/mol. The number of aromatic nitrogens is 3. The Morgan fingerprint density at radius 1 is 1.30 bits per heavy atom. The van der Waals surface area contributed by atoms with E-state index >= 15 is 4.39 Å². The van der Waals surface area contributed by atoms with Gasteiger partial charge in [0.25, 0.3) is 0 Å². The summed E-state index contributed by atoms with van der Waals surface area (Å²) in [5.74, 6) is -1.38. The Bertz CT molecular complexity index is 1630. The zero-order chi connectivity index (χ0) is 28.8. The largest absolute Gasteiger partial charge is 0.489 e. The lowest BCUT2D eigenvalue weighted by atomic mass is 9.97. The van der Waals surface area contributed by atoms with Crippen LogP contribution in [0.2, 0.25) is 0 Å². The molecule has 208 valence electrons. The van der Waals surface area contributed by atoms with Gasteiger partial charge in [0.15, 0.2) is 11.8 Å². The molecule has 0 amide bonds. The quantitative estimate of drug-likeness (QED) is 0.236. The first kappa shape index (κ1) is 27.8. The molecule has 1 aliphatic rings. The van der Waals surface area contributed by atoms with Crippen LogP contribution in [0.5, 0.6) is 5.75 Å². The minimum Gasteiger partial charge on any atom is -0.489 e. The summed E-state index contributed by atoms with van der Waals surface area (Å²) in [5, 5.41) is 15.1. The first-order chi connectivity index (χ1) is 19.0. The molecule has 0 bridgehead atoms. The number of anilines is 1. The second-order valence-electron chi connectivity index (χ2n) is 10.6. The van der Waals surface area contributed by atoms with Gasteiger partial charge in [-0.05, 0) is 45.9 Å². The fourth-order valence-electron chi connectivity index (χ4n) is 4.90. The fraction of sp³-hybridized carbons (Fsp3) is 0.300. The number of hydrogen-bond donors (Lipinski definition) is 1. The van der Waals surface area contributed by atoms with Gasteiger partial charge in [0.2, 0.25) is 0 Å². The number of fused-ring (bicyclic) bond motifs is 2. The summed E-state index contributed by atoms with van der Waals surface area (Å²) in [6, 6.07) is 12.4. The van der Waals surface area contributed by atoms with Crippen molar-refractivity contribution in [1.29, 1.82) is 0 Å². The van der Waals surface area contributed by atoms with Crippen molar-refractivity contribution in [2.45, 2.75) is 39.4 Å². The third-order valence-corrected chi connectivity index (χ3v) is 7.01. The van der Waals surface area contributed by atoms with Gasteiger partial charge in [-0.3, -0.25) is 0 Å². The molecule has 10 heteroatoms. The van der Waals surface area contributed by atoms with Gasteiger partial charge in [0.05, 0.1) is 29.2 Å². The average molecular weight is 609 g/mol. The van der Waals surface area contributed by atoms with Crippen LogP contribution in [-0.2, 0) is 9.53 Å². The van der Waals surface area contributed by atoms with Crippen LogP contribution in [0, 0.1) is 12.7 Å². The molecule has 1 aliphatic heterocycles. The number of carboxylic acid groups (broad SMARTS) is 1. The zero-order valence-electron chi connectivity index (χ0n) is 22.7. The number of nitrogens with zero attached hydrogens (tertiary/aromatic N) is 4. The normalized spacial score (nSPS) is 14.1. The van der Waals surface area contributed by atoms with Gasteiger partial charge in [0, 0.05) is 45.5 Å². The third kappa shape index (κ3) is 5.33. The van der Waals surface area contributed by atoms with Crippen molar-refractivity contribution in [3.8, 4) is 28.3 Å². The van der Waals surface area contributed by atoms with E-state index in [0.717, 1.165) is 10.0 Å². The van der Waals surface area contributed by atoms with Gasteiger partial charge in [0.1, 0.15) is 18.2 Å². The maximum absolute atomic E-state index is 16.0. The minimum absolute atomic E-state index is 0.163. The minimum atomic E-state index is -1.43. The second-order valence-corrected chi connectivity index (χ2v) is 11.5. The molecule has 0 saturated carbocycles. The Morgan fingerprint density at radius 2 is 2.08 bits per heavy atom. The number of carboxylic acids is 1. The summed E-state index contributed by atoms with van der Waals surface area (Å²) in [5.41, 5.74) is 2.78. The van der Waals surface area contributed by atoms with Crippen molar-refractivity contribution in [3.05, 3.63) is 76.7 Å². The Balaban J connectivity index is 1.84. The highest BCUT2D eigenvalue weighted by molar-refractivity contribution is 9.10. The smallest absolute Gasteiger partial charge is 0.337 e. The van der Waals surface area contributed by atoms with Crippen LogP contribution in [0.3, 0.4) is 0 Å². The summed E-state index contributed by atoms with van der Waals surface area (Å²) in [6.45, 7) is 12.4. The van der Waals surface area contributed by atoms with Gasteiger partial charge in [-0.25, -0.2) is 18.7 Å². The number of hydrogen-bond acceptors (Lipinski definition) is 6. The number of aryl methyl sites for hydroxylation is 1. The molecular formula is C30H30BrFN4O4. The lowest BCUT2D eigenvalue weighted by molar-refractivity contribution is -0.160. The summed E-state index contributed by atoms with van der Waals surface area (Å²) in [4.78, 5) is 19.4. The lowest BCUT2D eigenvalue weighted by Crippen LogP contribution is -2.33. The van der Waals surface area contributed by atoms with E-state index in [4.69, 9.17) is 19.6 Å². The van der Waals surface area contributed by atoms with Crippen LogP contribution >= 0.6 is 15.9 Å². The van der Waals surface area contributed by atoms with Crippen molar-refractivity contribution < 1.29 is 23.8 Å². The van der Waals surface area contributed by atoms with E-state index in [-0.39, 0.29) is 16.8 Å². The van der Waals surface area contributed by atoms with Crippen molar-refractivity contribution in [3.63, 3.8) is 0 Å². The molecule has 2 aromatic heterocycles. The number of aliphatic carboxylic acids is 1. The van der Waals surface area contributed by atoms with Crippen molar-refractivity contribution >= 4 is 33.2 Å². The lowest BCUT2D eigenvalue weighted by Gasteiger charge is -2.31. The summed E-state index contributed by atoms with van der Waals surface area (Å²) >= 11 is 3.50. The van der Waals surface area contributed by atoms with Crippen molar-refractivity contribution in [2.75, 3.05) is 24.6 Å². The molecule has 1 N–H and O–H groups in total. The van der Waals surface area contributed by atoms with Crippen molar-refractivity contribution in [2.24, 2.45) is 0 Å². The topological polar surface area (TPSA) is 89.2 Å². The van der Waals surface area contributed by atoms with Gasteiger partial charge in [-0.2, -0.15) is 5.10 Å². The monoisotopic (exact) mass is 608 g/mol. The van der Waals surface area contributed by atoms with Crippen LogP contribution in [0.4, 0.5) is 10.1 Å². The van der Waals surface area contributed by atoms with E-state index in [2.05, 4.69) is 22.5 Å². The first-order valence-electron chi connectivity index (χ1n) is 12.9. The van der Waals surface area contributed by atoms with Crippen LogP contribution in [0.1, 0.15) is 38.1 Å². The number of rotatable bonds is 7. The molecule has 2 aromatic carbocycles. The van der Waals surface area contributed by atoms with E-state index in [0.29, 0.717) is 48.2 Å². The molecule has 3 heterocycles. The van der Waals surface area contributed by atoms with E-state index in [1.165, 1.54) is 10.6 Å². The first-order valence-corrected chi connectivity index (χ1v) is 13.7. The molecule has 0 radical (unpaired) electrons. The predicted octanol–water partition coefficient (Wildman–Crippen LogP) is 6.60. The maximum atomic E-state index is 16.0. The Kier molecular flexibility index (Phi) is 7.41. The summed E-state index contributed by atoms with van der Waals surface area (Å²) in [7, 11) is 0. The SMILES string of the molecule is C=CCN1CCOc2cc(F)c(-c3c(C(OC(C)(C)C)C(=O)O)c(C)nc4cc(-c5cccc(Br)c5)nn34)cc21. The highest BCUT2D eigenvalue weighted by Gasteiger charge is 2.34. The number of benzene rings is 2. The standard InChI is InChI=1S/C30H30BrFN4O4/c1-6-10-35-11-12-39-24-15-21(32)20(14-23(24)35)27-26(28(29(37)38)40-30(3,4)5)17(2)33-25-16-22(34-36(25)27)18-8-7-9-19(31)13-18/h6-9,13-16,28H,1,10-12H2,2-5H3,(H,37,38).